The molecule has 3 aromatic carbocycles. The summed E-state index contributed by atoms with van der Waals surface area (Å²) in [5.74, 6) is -0.423. The molecule has 0 bridgehead atoms. The van der Waals surface area contributed by atoms with Crippen LogP contribution in [0.3, 0.4) is 0 Å². The van der Waals surface area contributed by atoms with Crippen LogP contribution in [0.25, 0.3) is 0 Å². The van der Waals surface area contributed by atoms with Crippen LogP contribution in [0.5, 0.6) is 5.75 Å². The van der Waals surface area contributed by atoms with Gasteiger partial charge in [0.1, 0.15) is 5.75 Å². The minimum Gasteiger partial charge on any atom is -0.406 e. The second-order valence-corrected chi connectivity index (χ2v) is 6.81. The minimum absolute atomic E-state index is 0.134. The van der Waals surface area contributed by atoms with Crippen LogP contribution in [0, 0.1) is 11.3 Å². The number of halogens is 6. The van der Waals surface area contributed by atoms with Crippen molar-refractivity contribution >= 4 is 11.4 Å². The Labute approximate surface area is 184 Å². The van der Waals surface area contributed by atoms with E-state index in [1.807, 2.05) is 6.07 Å². The number of anilines is 1. The van der Waals surface area contributed by atoms with E-state index in [1.165, 1.54) is 24.3 Å². The Bertz CT molecular complexity index is 1160. The Morgan fingerprint density at radius 3 is 2.15 bits per heavy atom. The fraction of sp³-hybridized carbons (Fsp3) is 0.130. The molecule has 3 rings (SSSR count). The molecule has 0 aliphatic carbocycles. The molecule has 0 saturated carbocycles. The van der Waals surface area contributed by atoms with Crippen LogP contribution in [0.4, 0.5) is 32.0 Å². The highest BCUT2D eigenvalue weighted by Gasteiger charge is 2.31. The summed E-state index contributed by atoms with van der Waals surface area (Å²) in [5.41, 5.74) is 3.69. The lowest BCUT2D eigenvalue weighted by molar-refractivity contribution is -0.274. The summed E-state index contributed by atoms with van der Waals surface area (Å²) in [5, 5.41) is 13.1. The minimum atomic E-state index is -4.83. The number of hydrogen-bond donors (Lipinski definition) is 1. The molecule has 0 saturated heterocycles. The molecule has 10 heteroatoms. The fourth-order valence-corrected chi connectivity index (χ4v) is 2.83. The first-order valence-corrected chi connectivity index (χ1v) is 9.38. The normalized spacial score (nSPS) is 12.2. The predicted octanol–water partition coefficient (Wildman–Crippen LogP) is 6.53. The van der Waals surface area contributed by atoms with E-state index in [0.29, 0.717) is 16.8 Å². The monoisotopic (exact) mass is 463 g/mol. The van der Waals surface area contributed by atoms with Gasteiger partial charge in [0.15, 0.2) is 0 Å². The zero-order valence-electron chi connectivity index (χ0n) is 16.7. The van der Waals surface area contributed by atoms with Gasteiger partial charge in [0.2, 0.25) is 0 Å². The molecule has 1 N–H and O–H groups in total. The van der Waals surface area contributed by atoms with Crippen LogP contribution in [0.2, 0.25) is 0 Å². The van der Waals surface area contributed by atoms with E-state index in [-0.39, 0.29) is 17.7 Å². The SMILES string of the molecule is N#Cc1ccc(CC(=NNc2ccc(OC(F)(F)F)cc2)c2cccc(C(F)(F)F)c2)cc1. The van der Waals surface area contributed by atoms with E-state index in [0.717, 1.165) is 24.3 Å². The highest BCUT2D eigenvalue weighted by atomic mass is 19.4. The van der Waals surface area contributed by atoms with E-state index >= 15 is 0 Å². The van der Waals surface area contributed by atoms with Crippen LogP contribution < -0.4 is 10.2 Å². The number of hydrogen-bond acceptors (Lipinski definition) is 4. The summed E-state index contributed by atoms with van der Waals surface area (Å²) in [6.45, 7) is 0. The van der Waals surface area contributed by atoms with Crippen LogP contribution in [-0.4, -0.2) is 12.1 Å². The van der Waals surface area contributed by atoms with Crippen molar-refractivity contribution in [1.82, 2.24) is 0 Å². The largest absolute Gasteiger partial charge is 0.573 e. The van der Waals surface area contributed by atoms with Crippen LogP contribution >= 0.6 is 0 Å². The number of nitrogens with one attached hydrogen (secondary N) is 1. The van der Waals surface area contributed by atoms with E-state index in [2.05, 4.69) is 15.3 Å². The van der Waals surface area contributed by atoms with Gasteiger partial charge in [-0.1, -0.05) is 24.3 Å². The maximum absolute atomic E-state index is 13.2. The first kappa shape index (κ1) is 23.7. The second-order valence-electron chi connectivity index (χ2n) is 6.81. The van der Waals surface area contributed by atoms with Gasteiger partial charge in [-0.2, -0.15) is 23.5 Å². The Balaban J connectivity index is 1.89. The molecule has 0 fully saturated rings. The topological polar surface area (TPSA) is 57.4 Å². The van der Waals surface area contributed by atoms with Gasteiger partial charge in [-0.25, -0.2) is 0 Å². The number of rotatable bonds is 6. The number of hydrazone groups is 1. The van der Waals surface area contributed by atoms with Crippen molar-refractivity contribution < 1.29 is 31.1 Å². The third kappa shape index (κ3) is 7.00. The first-order chi connectivity index (χ1) is 15.5. The summed E-state index contributed by atoms with van der Waals surface area (Å²) < 4.78 is 80.2. The van der Waals surface area contributed by atoms with Gasteiger partial charge < -0.3 is 4.74 Å². The van der Waals surface area contributed by atoms with Crippen molar-refractivity contribution in [2.75, 3.05) is 5.43 Å². The van der Waals surface area contributed by atoms with Crippen molar-refractivity contribution in [3.63, 3.8) is 0 Å². The molecule has 4 nitrogen and oxygen atoms in total. The smallest absolute Gasteiger partial charge is 0.406 e. The highest BCUT2D eigenvalue weighted by Crippen LogP contribution is 2.30. The number of ether oxygens (including phenoxy) is 1. The molecule has 0 aliphatic rings. The van der Waals surface area contributed by atoms with Gasteiger partial charge in [-0.05, 0) is 59.7 Å². The fourth-order valence-electron chi connectivity index (χ4n) is 2.83. The molecule has 0 unspecified atom stereocenters. The summed E-state index contributed by atoms with van der Waals surface area (Å²) in [6.07, 6.45) is -9.24. The summed E-state index contributed by atoms with van der Waals surface area (Å²) in [7, 11) is 0. The van der Waals surface area contributed by atoms with E-state index in [4.69, 9.17) is 5.26 Å². The Hall–Kier alpha value is -4.00. The van der Waals surface area contributed by atoms with Gasteiger partial charge in [0.25, 0.3) is 0 Å². The second kappa shape index (κ2) is 9.65. The average Bonchev–Trinajstić information content (AvgIpc) is 2.76. The summed E-state index contributed by atoms with van der Waals surface area (Å²) in [6, 6.07) is 17.8. The van der Waals surface area contributed by atoms with Crippen molar-refractivity contribution in [2.24, 2.45) is 5.10 Å². The molecule has 0 aliphatic heterocycles. The van der Waals surface area contributed by atoms with Crippen molar-refractivity contribution in [1.29, 1.82) is 5.26 Å². The van der Waals surface area contributed by atoms with Crippen molar-refractivity contribution in [2.45, 2.75) is 19.0 Å². The maximum atomic E-state index is 13.2. The van der Waals surface area contributed by atoms with Crippen LogP contribution in [0.1, 0.15) is 22.3 Å². The zero-order chi connectivity index (χ0) is 24.1. The van der Waals surface area contributed by atoms with Gasteiger partial charge in [0, 0.05) is 6.42 Å². The molecule has 170 valence electrons. The molecule has 0 aromatic heterocycles. The zero-order valence-corrected chi connectivity index (χ0v) is 16.7. The predicted molar refractivity (Wildman–Crippen MR) is 110 cm³/mol. The van der Waals surface area contributed by atoms with Crippen LogP contribution in [-0.2, 0) is 12.6 Å². The lowest BCUT2D eigenvalue weighted by Crippen LogP contribution is -2.17. The summed E-state index contributed by atoms with van der Waals surface area (Å²) in [4.78, 5) is 0. The van der Waals surface area contributed by atoms with E-state index in [1.54, 1.807) is 24.3 Å². The van der Waals surface area contributed by atoms with Gasteiger partial charge in [0.05, 0.1) is 28.6 Å². The highest BCUT2D eigenvalue weighted by molar-refractivity contribution is 6.02. The third-order valence-corrected chi connectivity index (χ3v) is 4.39. The lowest BCUT2D eigenvalue weighted by Gasteiger charge is -2.12. The molecule has 0 atom stereocenters. The van der Waals surface area contributed by atoms with Gasteiger partial charge in [-0.3, -0.25) is 5.43 Å². The maximum Gasteiger partial charge on any atom is 0.573 e. The summed E-state index contributed by atoms with van der Waals surface area (Å²) >= 11 is 0. The third-order valence-electron chi connectivity index (χ3n) is 4.39. The average molecular weight is 463 g/mol. The molecule has 33 heavy (non-hydrogen) atoms. The number of alkyl halides is 6. The Morgan fingerprint density at radius 1 is 0.909 bits per heavy atom. The molecule has 0 spiro atoms. The van der Waals surface area contributed by atoms with E-state index in [9.17, 15) is 26.3 Å². The molecule has 0 heterocycles. The van der Waals surface area contributed by atoms with Crippen molar-refractivity contribution in [3.8, 4) is 11.8 Å². The number of benzene rings is 3. The van der Waals surface area contributed by atoms with Crippen molar-refractivity contribution in [3.05, 3.63) is 95.1 Å². The molecule has 0 radical (unpaired) electrons. The Kier molecular flexibility index (Phi) is 6.92. The van der Waals surface area contributed by atoms with Gasteiger partial charge in [-0.15, -0.1) is 13.2 Å². The standard InChI is InChI=1S/C23H15F6N3O/c24-22(25,26)18-3-1-2-17(13-18)21(12-15-4-6-16(14-30)7-5-15)32-31-19-8-10-20(11-9-19)33-23(27,28)29/h1-11,13,31H,12H2. The number of nitrogens with zero attached hydrogens (tertiary/aromatic N) is 2. The number of nitriles is 1. The molecule has 3 aromatic rings. The lowest BCUT2D eigenvalue weighted by atomic mass is 9.99. The quantitative estimate of drug-likeness (QED) is 0.257. The van der Waals surface area contributed by atoms with Gasteiger partial charge >= 0.3 is 12.5 Å². The van der Waals surface area contributed by atoms with E-state index < -0.39 is 23.9 Å². The Morgan fingerprint density at radius 2 is 1.58 bits per heavy atom. The van der Waals surface area contributed by atoms with Crippen LogP contribution in [0.15, 0.2) is 77.9 Å². The first-order valence-electron chi connectivity index (χ1n) is 9.38. The molecular formula is C23H15F6N3O. The molecule has 0 amide bonds. The molecular weight excluding hydrogens is 448 g/mol.